The van der Waals surface area contributed by atoms with Gasteiger partial charge in [-0.05, 0) is 55.8 Å². The van der Waals surface area contributed by atoms with Crippen molar-refractivity contribution in [3.8, 4) is 0 Å². The number of nitrogens with zero attached hydrogens (tertiary/aromatic N) is 4. The van der Waals surface area contributed by atoms with Gasteiger partial charge in [0.15, 0.2) is 0 Å². The lowest BCUT2D eigenvalue weighted by molar-refractivity contribution is -0.133. The third-order valence-corrected chi connectivity index (χ3v) is 8.46. The predicted molar refractivity (Wildman–Crippen MR) is 143 cm³/mol. The quantitative estimate of drug-likeness (QED) is 0.573. The van der Waals surface area contributed by atoms with E-state index in [0.717, 1.165) is 48.7 Å². The van der Waals surface area contributed by atoms with E-state index in [0.29, 0.717) is 30.6 Å². The molecule has 36 heavy (non-hydrogen) atoms. The van der Waals surface area contributed by atoms with E-state index in [-0.39, 0.29) is 17.7 Å². The molecule has 2 aromatic rings. The lowest BCUT2D eigenvalue weighted by Crippen LogP contribution is -2.50. The van der Waals surface area contributed by atoms with Gasteiger partial charge in [0.25, 0.3) is 0 Å². The van der Waals surface area contributed by atoms with Crippen molar-refractivity contribution in [2.24, 2.45) is 0 Å². The Morgan fingerprint density at radius 3 is 2.56 bits per heavy atom. The number of carbonyl (C=O) groups is 1. The largest absolute Gasteiger partial charge is 0.387 e. The maximum absolute atomic E-state index is 13.8. The SMILES string of the molecule is C[C@@H]1C[C@H](O)c2ncnc(N3CCN(C(=O)[C@H](CCNC4CCCCC4)c4ccc(Cl)cc4)CC3)c21. The number of piperazine rings is 1. The number of amides is 1. The van der Waals surface area contributed by atoms with Crippen LogP contribution in [0.15, 0.2) is 30.6 Å². The Hall–Kier alpha value is -2.22. The molecule has 0 bridgehead atoms. The number of hydrogen-bond acceptors (Lipinski definition) is 6. The number of rotatable bonds is 7. The number of halogens is 1. The maximum Gasteiger partial charge on any atom is 0.230 e. The molecule has 1 saturated carbocycles. The molecule has 1 aromatic heterocycles. The summed E-state index contributed by atoms with van der Waals surface area (Å²) in [4.78, 5) is 27.0. The number of aromatic nitrogens is 2. The number of fused-ring (bicyclic) bond motifs is 1. The minimum absolute atomic E-state index is 0.177. The summed E-state index contributed by atoms with van der Waals surface area (Å²) in [6.45, 7) is 5.75. The average Bonchev–Trinajstić information content (AvgIpc) is 3.21. The summed E-state index contributed by atoms with van der Waals surface area (Å²) in [7, 11) is 0. The first-order chi connectivity index (χ1) is 17.5. The first kappa shape index (κ1) is 25.4. The molecular weight excluding hydrogens is 474 g/mol. The molecule has 3 atom stereocenters. The van der Waals surface area contributed by atoms with Crippen LogP contribution in [0.3, 0.4) is 0 Å². The van der Waals surface area contributed by atoms with Crippen LogP contribution in [0.5, 0.6) is 0 Å². The van der Waals surface area contributed by atoms with E-state index in [1.54, 1.807) is 6.33 Å². The number of benzene rings is 1. The van der Waals surface area contributed by atoms with Crippen LogP contribution < -0.4 is 10.2 Å². The normalized spacial score (nSPS) is 23.5. The van der Waals surface area contributed by atoms with E-state index in [1.165, 1.54) is 32.1 Å². The zero-order valence-electron chi connectivity index (χ0n) is 21.2. The zero-order chi connectivity index (χ0) is 25.1. The Kier molecular flexibility index (Phi) is 8.09. The predicted octanol–water partition coefficient (Wildman–Crippen LogP) is 4.42. The molecule has 8 heteroatoms. The van der Waals surface area contributed by atoms with Gasteiger partial charge in [-0.2, -0.15) is 0 Å². The van der Waals surface area contributed by atoms with Gasteiger partial charge in [0.2, 0.25) is 5.91 Å². The standard InChI is InChI=1S/C28H38ClN5O2/c1-19-17-24(35)26-25(19)27(32-18-31-26)33-13-15-34(16-14-33)28(36)23(20-7-9-21(29)10-8-20)11-12-30-22-5-3-2-4-6-22/h7-10,18-19,22-24,30,35H,2-6,11-17H2,1H3/t19-,23-,24+/m1/s1. The monoisotopic (exact) mass is 511 g/mol. The van der Waals surface area contributed by atoms with Gasteiger partial charge >= 0.3 is 0 Å². The van der Waals surface area contributed by atoms with Crippen molar-refractivity contribution in [2.45, 2.75) is 75.9 Å². The Balaban J connectivity index is 1.24. The summed E-state index contributed by atoms with van der Waals surface area (Å²) < 4.78 is 0. The lowest BCUT2D eigenvalue weighted by atomic mass is 9.92. The molecule has 0 unspecified atom stereocenters. The second kappa shape index (κ2) is 11.4. The second-order valence-corrected chi connectivity index (χ2v) is 11.1. The minimum Gasteiger partial charge on any atom is -0.387 e. The van der Waals surface area contributed by atoms with Gasteiger partial charge in [-0.1, -0.05) is 49.9 Å². The van der Waals surface area contributed by atoms with Crippen LogP contribution in [0.25, 0.3) is 0 Å². The Morgan fingerprint density at radius 2 is 1.83 bits per heavy atom. The highest BCUT2D eigenvalue weighted by Gasteiger charge is 2.35. The molecule has 2 heterocycles. The van der Waals surface area contributed by atoms with Crippen molar-refractivity contribution in [3.63, 3.8) is 0 Å². The summed E-state index contributed by atoms with van der Waals surface area (Å²) in [5, 5.41) is 14.8. The van der Waals surface area contributed by atoms with Gasteiger partial charge < -0.3 is 20.2 Å². The third-order valence-electron chi connectivity index (χ3n) is 8.21. The molecule has 0 radical (unpaired) electrons. The van der Waals surface area contributed by atoms with E-state index in [1.807, 2.05) is 29.2 Å². The molecule has 2 aliphatic carbocycles. The Bertz CT molecular complexity index is 1030. The number of aliphatic hydroxyl groups excluding tert-OH is 1. The van der Waals surface area contributed by atoms with Crippen LogP contribution in [-0.4, -0.2) is 64.6 Å². The van der Waals surface area contributed by atoms with Gasteiger partial charge in [0.05, 0.1) is 17.7 Å². The van der Waals surface area contributed by atoms with Crippen LogP contribution in [0.4, 0.5) is 5.82 Å². The highest BCUT2D eigenvalue weighted by Crippen LogP contribution is 2.42. The van der Waals surface area contributed by atoms with E-state index in [9.17, 15) is 9.90 Å². The highest BCUT2D eigenvalue weighted by atomic mass is 35.5. The first-order valence-electron chi connectivity index (χ1n) is 13.6. The fraction of sp³-hybridized carbons (Fsp3) is 0.607. The Labute approximate surface area is 219 Å². The summed E-state index contributed by atoms with van der Waals surface area (Å²) in [5.74, 6) is 1.17. The fourth-order valence-electron chi connectivity index (χ4n) is 6.18. The highest BCUT2D eigenvalue weighted by molar-refractivity contribution is 6.30. The molecule has 1 aliphatic heterocycles. The summed E-state index contributed by atoms with van der Waals surface area (Å²) in [5.41, 5.74) is 2.87. The number of nitrogens with one attached hydrogen (secondary N) is 1. The molecule has 2 fully saturated rings. The maximum atomic E-state index is 13.8. The van der Waals surface area contributed by atoms with Crippen molar-refractivity contribution >= 4 is 23.3 Å². The molecule has 5 rings (SSSR count). The number of anilines is 1. The fourth-order valence-corrected chi connectivity index (χ4v) is 6.31. The minimum atomic E-state index is -0.512. The number of aliphatic hydroxyl groups is 1. The van der Waals surface area contributed by atoms with Crippen LogP contribution >= 0.6 is 11.6 Å². The molecule has 1 aromatic carbocycles. The summed E-state index contributed by atoms with van der Waals surface area (Å²) in [6, 6.07) is 8.35. The van der Waals surface area contributed by atoms with Crippen LogP contribution in [-0.2, 0) is 4.79 Å². The molecule has 1 amide bonds. The van der Waals surface area contributed by atoms with Gasteiger partial charge in [-0.15, -0.1) is 0 Å². The van der Waals surface area contributed by atoms with Crippen LogP contribution in [0, 0.1) is 0 Å². The van der Waals surface area contributed by atoms with Crippen molar-refractivity contribution in [3.05, 3.63) is 52.4 Å². The molecule has 3 aliphatic rings. The van der Waals surface area contributed by atoms with E-state index >= 15 is 0 Å². The molecule has 7 nitrogen and oxygen atoms in total. The van der Waals surface area contributed by atoms with E-state index in [4.69, 9.17) is 11.6 Å². The molecule has 1 saturated heterocycles. The topological polar surface area (TPSA) is 81.6 Å². The second-order valence-electron chi connectivity index (χ2n) is 10.6. The third kappa shape index (κ3) is 5.53. The summed E-state index contributed by atoms with van der Waals surface area (Å²) in [6.07, 6.45) is 8.94. The van der Waals surface area contributed by atoms with E-state index in [2.05, 4.69) is 27.1 Å². The zero-order valence-corrected chi connectivity index (χ0v) is 22.0. The van der Waals surface area contributed by atoms with Gasteiger partial charge in [-0.3, -0.25) is 4.79 Å². The molecular formula is C28H38ClN5O2. The van der Waals surface area contributed by atoms with Crippen molar-refractivity contribution in [2.75, 3.05) is 37.6 Å². The van der Waals surface area contributed by atoms with Crippen LogP contribution in [0.1, 0.15) is 86.6 Å². The number of carbonyl (C=O) groups excluding carboxylic acids is 1. The first-order valence-corrected chi connectivity index (χ1v) is 13.9. The molecule has 194 valence electrons. The van der Waals surface area contributed by atoms with E-state index < -0.39 is 6.10 Å². The van der Waals surface area contributed by atoms with Crippen molar-refractivity contribution in [1.29, 1.82) is 0 Å². The average molecular weight is 512 g/mol. The van der Waals surface area contributed by atoms with Crippen LogP contribution in [0.2, 0.25) is 5.02 Å². The summed E-state index contributed by atoms with van der Waals surface area (Å²) >= 11 is 6.15. The van der Waals surface area contributed by atoms with Gasteiger partial charge in [-0.25, -0.2) is 9.97 Å². The molecule has 2 N–H and O–H groups in total. The smallest absolute Gasteiger partial charge is 0.230 e. The lowest BCUT2D eigenvalue weighted by Gasteiger charge is -2.38. The van der Waals surface area contributed by atoms with Gasteiger partial charge in [0.1, 0.15) is 12.1 Å². The van der Waals surface area contributed by atoms with Gasteiger partial charge in [0, 0.05) is 42.8 Å². The molecule has 0 spiro atoms. The van der Waals surface area contributed by atoms with Crippen molar-refractivity contribution < 1.29 is 9.90 Å². The van der Waals surface area contributed by atoms with Crippen molar-refractivity contribution in [1.82, 2.24) is 20.2 Å². The Morgan fingerprint density at radius 1 is 1.11 bits per heavy atom. The number of hydrogen-bond donors (Lipinski definition) is 2.